The molecular formula is C52H36N2. The summed E-state index contributed by atoms with van der Waals surface area (Å²) in [5, 5.41) is 6.17. The van der Waals surface area contributed by atoms with Crippen molar-refractivity contribution < 1.29 is 0 Å². The quantitative estimate of drug-likeness (QED) is 0.168. The van der Waals surface area contributed by atoms with Crippen molar-refractivity contribution in [2.24, 2.45) is 0 Å². The molecule has 0 radical (unpaired) electrons. The molecule has 0 saturated heterocycles. The predicted octanol–water partition coefficient (Wildman–Crippen LogP) is 13.8. The third-order valence-corrected chi connectivity index (χ3v) is 11.8. The van der Waals surface area contributed by atoms with Gasteiger partial charge in [0.2, 0.25) is 0 Å². The van der Waals surface area contributed by atoms with E-state index >= 15 is 0 Å². The highest BCUT2D eigenvalue weighted by molar-refractivity contribution is 6.11. The molecule has 1 aliphatic carbocycles. The number of para-hydroxylation sites is 3. The Labute approximate surface area is 314 Å². The molecule has 0 atom stereocenters. The maximum absolute atomic E-state index is 5.13. The Hall–Kier alpha value is -6.77. The summed E-state index contributed by atoms with van der Waals surface area (Å²) in [7, 11) is 0. The maximum atomic E-state index is 5.13. The lowest BCUT2D eigenvalue weighted by atomic mass is 9.81. The van der Waals surface area contributed by atoms with Crippen molar-refractivity contribution in [2.75, 3.05) is 0 Å². The van der Waals surface area contributed by atoms with Crippen molar-refractivity contribution >= 4 is 43.5 Å². The van der Waals surface area contributed by atoms with Gasteiger partial charge in [-0.2, -0.15) is 0 Å². The van der Waals surface area contributed by atoms with Crippen LogP contribution in [0.4, 0.5) is 0 Å². The van der Waals surface area contributed by atoms with E-state index in [0.717, 1.165) is 16.8 Å². The van der Waals surface area contributed by atoms with E-state index in [2.05, 4.69) is 200 Å². The minimum absolute atomic E-state index is 0.144. The highest BCUT2D eigenvalue weighted by atomic mass is 15.0. The van der Waals surface area contributed by atoms with Crippen LogP contribution in [0.15, 0.2) is 182 Å². The molecule has 2 aromatic heterocycles. The van der Waals surface area contributed by atoms with E-state index in [9.17, 15) is 0 Å². The molecule has 8 aromatic carbocycles. The summed E-state index contributed by atoms with van der Waals surface area (Å²) in [5.41, 5.74) is 17.0. The van der Waals surface area contributed by atoms with Crippen LogP contribution >= 0.6 is 0 Å². The van der Waals surface area contributed by atoms with Crippen molar-refractivity contribution in [3.05, 3.63) is 193 Å². The predicted molar refractivity (Wildman–Crippen MR) is 227 cm³/mol. The van der Waals surface area contributed by atoms with Gasteiger partial charge < -0.3 is 4.57 Å². The Morgan fingerprint density at radius 3 is 1.56 bits per heavy atom. The number of benzene rings is 8. The number of rotatable bonds is 4. The lowest BCUT2D eigenvalue weighted by Gasteiger charge is -2.23. The van der Waals surface area contributed by atoms with Crippen molar-refractivity contribution in [2.45, 2.75) is 19.3 Å². The Morgan fingerprint density at radius 2 is 0.889 bits per heavy atom. The standard InChI is InChI=1S/C52H36N2/c1-52(2)46-31-36(33-22-24-34(25-23-33)51-45-18-4-3-14-39(45)42-15-5-8-19-48(42)53-51)26-28-40(46)41-29-27-37(32-47(41)52)35-12-11-13-38(30-35)54-49-20-9-6-16-43(49)44-17-7-10-21-50(44)54/h3-32H,1-2H3. The van der Waals surface area contributed by atoms with Gasteiger partial charge in [0.15, 0.2) is 0 Å². The molecule has 1 aliphatic rings. The third-order valence-electron chi connectivity index (χ3n) is 11.8. The molecule has 0 fully saturated rings. The van der Waals surface area contributed by atoms with Gasteiger partial charge in [-0.15, -0.1) is 0 Å². The van der Waals surface area contributed by atoms with Crippen molar-refractivity contribution in [3.8, 4) is 50.3 Å². The van der Waals surface area contributed by atoms with Gasteiger partial charge >= 0.3 is 0 Å². The summed E-state index contributed by atoms with van der Waals surface area (Å²) in [4.78, 5) is 5.13. The Kier molecular flexibility index (Phi) is 6.63. The van der Waals surface area contributed by atoms with Crippen LogP contribution < -0.4 is 0 Å². The lowest BCUT2D eigenvalue weighted by molar-refractivity contribution is 0.661. The normalized spacial score (nSPS) is 13.1. The zero-order chi connectivity index (χ0) is 36.0. The molecule has 0 spiro atoms. The molecular weight excluding hydrogens is 653 g/mol. The molecule has 2 heteroatoms. The highest BCUT2D eigenvalue weighted by Crippen LogP contribution is 2.51. The number of hydrogen-bond donors (Lipinski definition) is 0. The van der Waals surface area contributed by atoms with Crippen molar-refractivity contribution in [1.82, 2.24) is 9.55 Å². The minimum atomic E-state index is -0.144. The number of aromatic nitrogens is 2. The van der Waals surface area contributed by atoms with E-state index in [-0.39, 0.29) is 5.41 Å². The van der Waals surface area contributed by atoms with Crippen LogP contribution in [0.25, 0.3) is 93.8 Å². The van der Waals surface area contributed by atoms with Gasteiger partial charge in [0, 0.05) is 38.2 Å². The second-order valence-electron chi connectivity index (χ2n) is 15.2. The fourth-order valence-corrected chi connectivity index (χ4v) is 9.07. The van der Waals surface area contributed by atoms with Crippen LogP contribution in [0.3, 0.4) is 0 Å². The van der Waals surface area contributed by atoms with Gasteiger partial charge in [-0.1, -0.05) is 153 Å². The first-order valence-corrected chi connectivity index (χ1v) is 18.8. The molecule has 2 nitrogen and oxygen atoms in total. The minimum Gasteiger partial charge on any atom is -0.309 e. The topological polar surface area (TPSA) is 17.8 Å². The van der Waals surface area contributed by atoms with Gasteiger partial charge in [-0.05, 0) is 92.4 Å². The van der Waals surface area contributed by atoms with E-state index in [1.165, 1.54) is 88.2 Å². The van der Waals surface area contributed by atoms with E-state index in [4.69, 9.17) is 4.98 Å². The third kappa shape index (κ3) is 4.56. The molecule has 0 saturated carbocycles. The van der Waals surface area contributed by atoms with E-state index < -0.39 is 0 Å². The molecule has 0 N–H and O–H groups in total. The van der Waals surface area contributed by atoms with Crippen LogP contribution in [0, 0.1) is 0 Å². The van der Waals surface area contributed by atoms with Crippen LogP contribution in [-0.4, -0.2) is 9.55 Å². The van der Waals surface area contributed by atoms with E-state index in [1.807, 2.05) is 0 Å². The molecule has 0 unspecified atom stereocenters. The van der Waals surface area contributed by atoms with Gasteiger partial charge in [0.05, 0.1) is 22.2 Å². The SMILES string of the molecule is CC1(C)c2cc(-c3ccc(-c4nc5ccccc5c5ccccc45)cc3)ccc2-c2ccc(-c3cccc(-n4c5ccccc5c5ccccc54)c3)cc21. The summed E-state index contributed by atoms with van der Waals surface area (Å²) in [6, 6.07) is 66.5. The fourth-order valence-electron chi connectivity index (χ4n) is 9.07. The molecule has 54 heavy (non-hydrogen) atoms. The lowest BCUT2D eigenvalue weighted by Crippen LogP contribution is -2.15. The van der Waals surface area contributed by atoms with Gasteiger partial charge in [-0.3, -0.25) is 0 Å². The molecule has 2 heterocycles. The average Bonchev–Trinajstić information content (AvgIpc) is 3.68. The number of fused-ring (bicyclic) bond motifs is 9. The van der Waals surface area contributed by atoms with Crippen molar-refractivity contribution in [1.29, 1.82) is 0 Å². The first-order chi connectivity index (χ1) is 26.5. The molecule has 0 bridgehead atoms. The molecule has 254 valence electrons. The Balaban J connectivity index is 0.942. The maximum Gasteiger partial charge on any atom is 0.0788 e. The summed E-state index contributed by atoms with van der Waals surface area (Å²) in [5.74, 6) is 0. The van der Waals surface area contributed by atoms with Crippen LogP contribution in [-0.2, 0) is 5.41 Å². The van der Waals surface area contributed by atoms with Crippen LogP contribution in [0.2, 0.25) is 0 Å². The van der Waals surface area contributed by atoms with Crippen LogP contribution in [0.5, 0.6) is 0 Å². The monoisotopic (exact) mass is 688 g/mol. The zero-order valence-electron chi connectivity index (χ0n) is 30.2. The largest absolute Gasteiger partial charge is 0.309 e. The first-order valence-electron chi connectivity index (χ1n) is 18.8. The summed E-state index contributed by atoms with van der Waals surface area (Å²) in [6.45, 7) is 4.75. The zero-order valence-corrected chi connectivity index (χ0v) is 30.2. The molecule has 0 amide bonds. The van der Waals surface area contributed by atoms with Gasteiger partial charge in [0.25, 0.3) is 0 Å². The first kappa shape index (κ1) is 30.8. The molecule has 10 aromatic rings. The van der Waals surface area contributed by atoms with E-state index in [1.54, 1.807) is 0 Å². The van der Waals surface area contributed by atoms with Gasteiger partial charge in [-0.25, -0.2) is 4.98 Å². The number of pyridine rings is 1. The molecule has 0 aliphatic heterocycles. The van der Waals surface area contributed by atoms with E-state index in [0.29, 0.717) is 0 Å². The number of hydrogen-bond acceptors (Lipinski definition) is 1. The smallest absolute Gasteiger partial charge is 0.0788 e. The Morgan fingerprint density at radius 1 is 0.389 bits per heavy atom. The van der Waals surface area contributed by atoms with Gasteiger partial charge in [0.1, 0.15) is 0 Å². The summed E-state index contributed by atoms with van der Waals surface area (Å²) >= 11 is 0. The second kappa shape index (κ2) is 11.6. The molecule has 11 rings (SSSR count). The van der Waals surface area contributed by atoms with Crippen LogP contribution in [0.1, 0.15) is 25.0 Å². The van der Waals surface area contributed by atoms with Crippen molar-refractivity contribution in [3.63, 3.8) is 0 Å². The highest BCUT2D eigenvalue weighted by Gasteiger charge is 2.36. The fraction of sp³-hybridized carbons (Fsp3) is 0.0577. The number of nitrogens with zero attached hydrogens (tertiary/aromatic N) is 2. The Bertz CT molecular complexity index is 3070. The average molecular weight is 689 g/mol. The summed E-state index contributed by atoms with van der Waals surface area (Å²) in [6.07, 6.45) is 0. The summed E-state index contributed by atoms with van der Waals surface area (Å²) < 4.78 is 2.40. The second-order valence-corrected chi connectivity index (χ2v) is 15.2.